The predicted octanol–water partition coefficient (Wildman–Crippen LogP) is 4.11. The quantitative estimate of drug-likeness (QED) is 0.0248. The number of nitrogens with zero attached hydrogens (tertiary/aromatic N) is 6. The summed E-state index contributed by atoms with van der Waals surface area (Å²) in [5.41, 5.74) is 6.96. The van der Waals surface area contributed by atoms with E-state index >= 15 is 4.39 Å². The number of oxime groups is 1. The average molecular weight is 751 g/mol. The molecule has 0 bridgehead atoms. The maximum Gasteiger partial charge on any atom is 0.325 e. The number of amidine groups is 1. The lowest BCUT2D eigenvalue weighted by atomic mass is 9.95. The van der Waals surface area contributed by atoms with Crippen LogP contribution in [-0.2, 0) is 28.6 Å². The molecule has 3 N–H and O–H groups in total. The standard InChI is InChI=1S/C36H43FN8O9/c1-22(2)19-54-44-31(38)24-9-11-25(12-10-24)41-30(27-17-26(49-7)18-28(29(27)37)51-16-15-50-23(3)46)32-42-35(45(43-32)34-39-13-8-14-40-34)53-21-52-33(47)36(4,5)20-48-6/h8-14,17-18,30,41H,1,15-16,19-21H2,2-7H3,(H2,38,44)/t30-/m1/s1. The number of carbonyl (C=O) groups is 2. The largest absolute Gasteiger partial charge is 0.497 e. The molecule has 4 rings (SSSR count). The second-order valence-electron chi connectivity index (χ2n) is 12.3. The molecular formula is C36H43FN8O9. The Labute approximate surface area is 311 Å². The highest BCUT2D eigenvalue weighted by Crippen LogP contribution is 2.36. The van der Waals surface area contributed by atoms with Gasteiger partial charge in [0.2, 0.25) is 6.79 Å². The van der Waals surface area contributed by atoms with E-state index in [9.17, 15) is 9.59 Å². The SMILES string of the molecule is C=C(C)CON=C(N)c1ccc(N[C@@H](c2nc(OCOC(=O)C(C)(C)COC)n(-c3ncccn3)n2)c2cc(OC)cc(OCCOC(C)=O)c2F)cc1. The number of hydrogen-bond donors (Lipinski definition) is 2. The third-order valence-corrected chi connectivity index (χ3v) is 7.23. The van der Waals surface area contributed by atoms with Gasteiger partial charge in [0, 0.05) is 49.3 Å². The number of nitrogens with two attached hydrogens (primary N) is 1. The first-order chi connectivity index (χ1) is 25.8. The molecule has 0 spiro atoms. The van der Waals surface area contributed by atoms with E-state index in [1.165, 1.54) is 50.4 Å². The number of esters is 2. The van der Waals surface area contributed by atoms with Crippen molar-refractivity contribution in [2.45, 2.75) is 33.7 Å². The normalized spacial score (nSPS) is 12.0. The molecule has 54 heavy (non-hydrogen) atoms. The fourth-order valence-electron chi connectivity index (χ4n) is 4.62. The van der Waals surface area contributed by atoms with Gasteiger partial charge in [0.1, 0.15) is 31.6 Å². The van der Waals surface area contributed by atoms with Crippen molar-refractivity contribution >= 4 is 23.5 Å². The number of benzene rings is 2. The number of nitrogens with one attached hydrogen (secondary N) is 1. The molecule has 1 atom stereocenters. The van der Waals surface area contributed by atoms with E-state index in [0.717, 1.165) is 5.57 Å². The summed E-state index contributed by atoms with van der Waals surface area (Å²) in [5.74, 6) is -1.66. The van der Waals surface area contributed by atoms with Crippen LogP contribution >= 0.6 is 0 Å². The Morgan fingerprint density at radius 3 is 2.43 bits per heavy atom. The van der Waals surface area contributed by atoms with Gasteiger partial charge in [-0.15, -0.1) is 9.78 Å². The van der Waals surface area contributed by atoms with E-state index in [1.54, 1.807) is 51.1 Å². The molecule has 18 heteroatoms. The van der Waals surface area contributed by atoms with Crippen molar-refractivity contribution in [3.8, 4) is 23.5 Å². The average Bonchev–Trinajstić information content (AvgIpc) is 3.57. The van der Waals surface area contributed by atoms with Gasteiger partial charge < -0.3 is 44.3 Å². The number of anilines is 1. The highest BCUT2D eigenvalue weighted by atomic mass is 19.1. The van der Waals surface area contributed by atoms with Crippen LogP contribution in [0.25, 0.3) is 5.95 Å². The van der Waals surface area contributed by atoms with Gasteiger partial charge >= 0.3 is 17.9 Å². The van der Waals surface area contributed by atoms with Gasteiger partial charge in [-0.3, -0.25) is 9.59 Å². The lowest BCUT2D eigenvalue weighted by Crippen LogP contribution is -2.32. The summed E-state index contributed by atoms with van der Waals surface area (Å²) in [6, 6.07) is 9.84. The van der Waals surface area contributed by atoms with Crippen molar-refractivity contribution in [3.63, 3.8) is 0 Å². The highest BCUT2D eigenvalue weighted by molar-refractivity contribution is 5.97. The van der Waals surface area contributed by atoms with Crippen molar-refractivity contribution in [1.29, 1.82) is 0 Å². The minimum absolute atomic E-state index is 0.000562. The zero-order valence-electron chi connectivity index (χ0n) is 30.8. The van der Waals surface area contributed by atoms with Gasteiger partial charge in [0.05, 0.1) is 19.1 Å². The summed E-state index contributed by atoms with van der Waals surface area (Å²) < 4.78 is 50.0. The number of carbonyl (C=O) groups excluding carboxylic acids is 2. The van der Waals surface area contributed by atoms with Crippen molar-refractivity contribution in [3.05, 3.63) is 89.8 Å². The summed E-state index contributed by atoms with van der Waals surface area (Å²) in [7, 11) is 2.89. The Hall–Kier alpha value is -6.30. The molecule has 0 aliphatic carbocycles. The summed E-state index contributed by atoms with van der Waals surface area (Å²) in [4.78, 5) is 42.3. The number of halogens is 1. The number of hydrogen-bond acceptors (Lipinski definition) is 15. The predicted molar refractivity (Wildman–Crippen MR) is 193 cm³/mol. The second kappa shape index (κ2) is 19.0. The number of rotatable bonds is 20. The van der Waals surface area contributed by atoms with Crippen LogP contribution in [-0.4, -0.2) is 89.9 Å². The number of aromatic nitrogens is 5. The van der Waals surface area contributed by atoms with Gasteiger partial charge in [-0.05, 0) is 62.7 Å². The maximum atomic E-state index is 16.5. The smallest absolute Gasteiger partial charge is 0.325 e. The molecular weight excluding hydrogens is 707 g/mol. The minimum Gasteiger partial charge on any atom is -0.497 e. The van der Waals surface area contributed by atoms with Gasteiger partial charge in [-0.1, -0.05) is 11.7 Å². The monoisotopic (exact) mass is 750 g/mol. The topological polar surface area (TPSA) is 206 Å². The Morgan fingerprint density at radius 1 is 1.06 bits per heavy atom. The maximum absolute atomic E-state index is 16.5. The van der Waals surface area contributed by atoms with E-state index in [4.69, 9.17) is 39.0 Å². The van der Waals surface area contributed by atoms with Crippen molar-refractivity contribution in [2.24, 2.45) is 16.3 Å². The molecule has 0 unspecified atom stereocenters. The van der Waals surface area contributed by atoms with Gasteiger partial charge in [-0.25, -0.2) is 14.4 Å². The Balaban J connectivity index is 1.77. The van der Waals surface area contributed by atoms with Crippen LogP contribution < -0.4 is 25.3 Å². The van der Waals surface area contributed by atoms with Crippen LogP contribution in [0.5, 0.6) is 17.5 Å². The zero-order chi connectivity index (χ0) is 39.3. The van der Waals surface area contributed by atoms with Crippen molar-refractivity contribution < 1.29 is 47.2 Å². The molecule has 288 valence electrons. The number of ether oxygens (including phenoxy) is 6. The van der Waals surface area contributed by atoms with Crippen molar-refractivity contribution in [1.82, 2.24) is 24.7 Å². The first-order valence-electron chi connectivity index (χ1n) is 16.5. The summed E-state index contributed by atoms with van der Waals surface area (Å²) in [6.45, 7) is 9.65. The first-order valence-corrected chi connectivity index (χ1v) is 16.5. The van der Waals surface area contributed by atoms with E-state index in [2.05, 4.69) is 37.1 Å². The molecule has 0 aliphatic rings. The summed E-state index contributed by atoms with van der Waals surface area (Å²) in [5, 5.41) is 11.8. The van der Waals surface area contributed by atoms with E-state index < -0.39 is 36.0 Å². The summed E-state index contributed by atoms with van der Waals surface area (Å²) in [6.07, 6.45) is 2.97. The minimum atomic E-state index is -1.15. The van der Waals surface area contributed by atoms with E-state index in [0.29, 0.717) is 11.3 Å². The molecule has 4 aromatic rings. The molecule has 0 saturated heterocycles. The van der Waals surface area contributed by atoms with Crippen LogP contribution in [0.1, 0.15) is 50.7 Å². The molecule has 0 amide bonds. The second-order valence-corrected chi connectivity index (χ2v) is 12.3. The van der Waals surface area contributed by atoms with Crippen LogP contribution in [0.4, 0.5) is 10.1 Å². The zero-order valence-corrected chi connectivity index (χ0v) is 30.8. The van der Waals surface area contributed by atoms with E-state index in [-0.39, 0.29) is 67.1 Å². The molecule has 2 aromatic carbocycles. The molecule has 17 nitrogen and oxygen atoms in total. The lowest BCUT2D eigenvalue weighted by molar-refractivity contribution is -0.163. The fourth-order valence-corrected chi connectivity index (χ4v) is 4.62. The fraction of sp³-hybridized carbons (Fsp3) is 0.361. The third-order valence-electron chi connectivity index (χ3n) is 7.23. The molecule has 2 aromatic heterocycles. The van der Waals surface area contributed by atoms with Crippen LogP contribution in [0, 0.1) is 11.2 Å². The van der Waals surface area contributed by atoms with Gasteiger partial charge in [-0.2, -0.15) is 4.98 Å². The van der Waals surface area contributed by atoms with Crippen LogP contribution in [0.15, 0.2) is 72.2 Å². The van der Waals surface area contributed by atoms with E-state index in [1.807, 2.05) is 0 Å². The lowest BCUT2D eigenvalue weighted by Gasteiger charge is -2.21. The Morgan fingerprint density at radius 2 is 1.78 bits per heavy atom. The third kappa shape index (κ3) is 11.1. The van der Waals surface area contributed by atoms with Crippen molar-refractivity contribution in [2.75, 3.05) is 52.8 Å². The molecule has 0 fully saturated rings. The molecule has 0 radical (unpaired) electrons. The Kier molecular flexibility index (Phi) is 14.2. The van der Waals surface area contributed by atoms with Gasteiger partial charge in [0.25, 0.3) is 5.95 Å². The molecule has 0 saturated carbocycles. The summed E-state index contributed by atoms with van der Waals surface area (Å²) >= 11 is 0. The van der Waals surface area contributed by atoms with Crippen LogP contribution in [0.3, 0.4) is 0 Å². The Bertz CT molecular complexity index is 1920. The van der Waals surface area contributed by atoms with Crippen LogP contribution in [0.2, 0.25) is 0 Å². The molecule has 2 heterocycles. The highest BCUT2D eigenvalue weighted by Gasteiger charge is 2.31. The first kappa shape index (κ1) is 40.5. The number of methoxy groups -OCH3 is 2. The molecule has 0 aliphatic heterocycles. The van der Waals surface area contributed by atoms with Gasteiger partial charge in [0.15, 0.2) is 23.2 Å².